The Kier molecular flexibility index (Phi) is 8.92. The number of fused-ring (bicyclic) bond motifs is 1. The lowest BCUT2D eigenvalue weighted by Gasteiger charge is -2.35. The molecule has 2 aliphatic heterocycles. The molecule has 0 amide bonds. The largest absolute Gasteiger partial charge is 0.419 e. The summed E-state index contributed by atoms with van der Waals surface area (Å²) in [5.41, 5.74) is 1.11. The van der Waals surface area contributed by atoms with Crippen LogP contribution in [-0.4, -0.2) is 77.5 Å². The molecule has 0 spiro atoms. The predicted molar refractivity (Wildman–Crippen MR) is 132 cm³/mol. The molecule has 2 aromatic heterocycles. The summed E-state index contributed by atoms with van der Waals surface area (Å²) in [4.78, 5) is 17.7. The highest BCUT2D eigenvalue weighted by Crippen LogP contribution is 2.32. The summed E-state index contributed by atoms with van der Waals surface area (Å²) in [5, 5.41) is 20.1. The molecule has 5 rings (SSSR count). The van der Waals surface area contributed by atoms with E-state index < -0.39 is 23.7 Å². The Morgan fingerprint density at radius 1 is 1.24 bits per heavy atom. The van der Waals surface area contributed by atoms with E-state index in [9.17, 15) is 27.5 Å². The van der Waals surface area contributed by atoms with E-state index in [1.165, 1.54) is 18.5 Å². The Hall–Kier alpha value is -3.13. The summed E-state index contributed by atoms with van der Waals surface area (Å²) < 4.78 is 56.8. The maximum absolute atomic E-state index is 13.2. The first kappa shape index (κ1) is 27.9. The van der Waals surface area contributed by atoms with Crippen molar-refractivity contribution in [3.8, 4) is 0 Å². The fourth-order valence-corrected chi connectivity index (χ4v) is 4.64. The molecule has 0 saturated carbocycles. The Bertz CT molecular complexity index is 1230. The van der Waals surface area contributed by atoms with Crippen LogP contribution in [0.5, 0.6) is 0 Å². The molecule has 3 N–H and O–H groups in total. The third-order valence-electron chi connectivity index (χ3n) is 6.60. The fraction of sp³-hybridized carbons (Fsp3) is 0.480. The topological polar surface area (TPSA) is 104 Å². The average molecular weight is 539 g/mol. The second kappa shape index (κ2) is 12.2. The van der Waals surface area contributed by atoms with Gasteiger partial charge >= 0.3 is 6.18 Å². The number of benzene rings is 1. The van der Waals surface area contributed by atoms with Gasteiger partial charge in [-0.1, -0.05) is 12.1 Å². The van der Waals surface area contributed by atoms with E-state index in [0.29, 0.717) is 24.8 Å². The van der Waals surface area contributed by atoms with Crippen molar-refractivity contribution in [2.45, 2.75) is 43.8 Å². The second-order valence-corrected chi connectivity index (χ2v) is 9.25. The summed E-state index contributed by atoms with van der Waals surface area (Å²) in [6.45, 7) is 2.80. The van der Waals surface area contributed by atoms with Gasteiger partial charge in [-0.15, -0.1) is 0 Å². The maximum atomic E-state index is 13.2. The van der Waals surface area contributed by atoms with Crippen LogP contribution in [0.25, 0.3) is 5.65 Å². The van der Waals surface area contributed by atoms with Crippen LogP contribution in [-0.2, 0) is 17.5 Å². The van der Waals surface area contributed by atoms with Gasteiger partial charge in [-0.3, -0.25) is 4.79 Å². The number of hydrogen-bond acceptors (Lipinski definition) is 8. The lowest BCUT2D eigenvalue weighted by Crippen LogP contribution is -2.49. The van der Waals surface area contributed by atoms with Crippen LogP contribution >= 0.6 is 0 Å². The van der Waals surface area contributed by atoms with E-state index in [4.69, 9.17) is 4.74 Å². The highest BCUT2D eigenvalue weighted by molar-refractivity contribution is 5.81. The molecule has 2 fully saturated rings. The van der Waals surface area contributed by atoms with Crippen LogP contribution < -0.4 is 15.5 Å². The van der Waals surface area contributed by atoms with Crippen molar-refractivity contribution >= 4 is 17.6 Å². The van der Waals surface area contributed by atoms with Crippen LogP contribution in [0.15, 0.2) is 36.8 Å². The first-order valence-corrected chi connectivity index (χ1v) is 12.3. The molecule has 2 saturated heterocycles. The van der Waals surface area contributed by atoms with Crippen molar-refractivity contribution in [1.29, 1.82) is 0 Å². The van der Waals surface area contributed by atoms with Crippen LogP contribution in [0.4, 0.5) is 23.2 Å². The van der Waals surface area contributed by atoms with E-state index in [0.717, 1.165) is 49.6 Å². The number of halogens is 4. The molecule has 206 valence electrons. The molecule has 4 heterocycles. The minimum absolute atomic E-state index is 0.0160. The van der Waals surface area contributed by atoms with Crippen LogP contribution in [0.2, 0.25) is 0 Å². The molecule has 9 nitrogen and oxygen atoms in total. The number of aliphatic hydroxyl groups excluding tert-OH is 1. The minimum atomic E-state index is -4.63. The van der Waals surface area contributed by atoms with Crippen molar-refractivity contribution in [1.82, 2.24) is 25.2 Å². The predicted octanol–water partition coefficient (Wildman–Crippen LogP) is 2.42. The quantitative estimate of drug-likeness (QED) is 0.325. The molecule has 38 heavy (non-hydrogen) atoms. The third kappa shape index (κ3) is 6.46. The van der Waals surface area contributed by atoms with E-state index in [2.05, 4.69) is 25.6 Å². The number of alkyl halides is 3. The summed E-state index contributed by atoms with van der Waals surface area (Å²) in [6.07, 6.45) is 0.915. The lowest BCUT2D eigenvalue weighted by atomic mass is 10.0. The number of ether oxygens (including phenoxy) is 1. The first-order chi connectivity index (χ1) is 18.2. The number of hydrogen-bond donors (Lipinski definition) is 3. The molecular formula is C25H30F4N6O3. The van der Waals surface area contributed by atoms with Gasteiger partial charge in [0.25, 0.3) is 0 Å². The third-order valence-corrected chi connectivity index (χ3v) is 6.60. The number of anilines is 1. The van der Waals surface area contributed by atoms with Gasteiger partial charge in [0.1, 0.15) is 12.1 Å². The number of carbonyl (C=O) groups excluding carboxylic acids is 1. The Morgan fingerprint density at radius 3 is 2.63 bits per heavy atom. The van der Waals surface area contributed by atoms with Gasteiger partial charge in [-0.25, -0.2) is 13.9 Å². The van der Waals surface area contributed by atoms with Crippen LogP contribution in [0.1, 0.15) is 34.3 Å². The first-order valence-electron chi connectivity index (χ1n) is 12.3. The number of rotatable bonds is 6. The summed E-state index contributed by atoms with van der Waals surface area (Å²) in [7, 11) is 1.54. The average Bonchev–Trinajstić information content (AvgIpc) is 3.54. The van der Waals surface area contributed by atoms with E-state index in [-0.39, 0.29) is 18.2 Å². The van der Waals surface area contributed by atoms with E-state index in [1.54, 1.807) is 17.8 Å². The molecule has 1 aromatic carbocycles. The van der Waals surface area contributed by atoms with Gasteiger partial charge in [-0.2, -0.15) is 18.3 Å². The van der Waals surface area contributed by atoms with Crippen molar-refractivity contribution in [2.75, 3.05) is 38.3 Å². The van der Waals surface area contributed by atoms with Crippen molar-refractivity contribution in [3.05, 3.63) is 59.3 Å². The van der Waals surface area contributed by atoms with Gasteiger partial charge in [0.05, 0.1) is 36.6 Å². The highest BCUT2D eigenvalue weighted by Gasteiger charge is 2.34. The number of pyridine rings is 1. The number of aldehydes is 1. The Labute approximate surface area is 216 Å². The number of aromatic nitrogens is 3. The number of aliphatic hydroxyl groups is 1. The number of carbonyl (C=O) groups is 1. The SMILES string of the molecule is CNCc1cccc(C(F)(F)F)c1F.O=Cc1cc(N2CCC(NC3COCC3O)CC2)c2ncnn2c1. The number of nitrogens with one attached hydrogen (secondary N) is 2. The van der Waals surface area contributed by atoms with Crippen LogP contribution in [0, 0.1) is 5.82 Å². The van der Waals surface area contributed by atoms with Crippen molar-refractivity contribution in [2.24, 2.45) is 0 Å². The zero-order valence-electron chi connectivity index (χ0n) is 20.8. The molecule has 2 unspecified atom stereocenters. The van der Waals surface area contributed by atoms with E-state index >= 15 is 0 Å². The normalized spacial score (nSPS) is 20.4. The van der Waals surface area contributed by atoms with Gasteiger partial charge in [-0.05, 0) is 32.0 Å². The van der Waals surface area contributed by atoms with Gasteiger partial charge < -0.3 is 25.4 Å². The summed E-state index contributed by atoms with van der Waals surface area (Å²) in [5.74, 6) is -1.20. The highest BCUT2D eigenvalue weighted by atomic mass is 19.4. The molecule has 2 atom stereocenters. The smallest absolute Gasteiger partial charge is 0.389 e. The zero-order chi connectivity index (χ0) is 27.3. The van der Waals surface area contributed by atoms with E-state index in [1.807, 2.05) is 6.07 Å². The maximum Gasteiger partial charge on any atom is 0.419 e. The molecule has 2 aliphatic rings. The van der Waals surface area contributed by atoms with Crippen molar-refractivity contribution in [3.63, 3.8) is 0 Å². The minimum Gasteiger partial charge on any atom is -0.389 e. The molecule has 3 aromatic rings. The van der Waals surface area contributed by atoms with Crippen LogP contribution in [0.3, 0.4) is 0 Å². The second-order valence-electron chi connectivity index (χ2n) is 9.25. The number of nitrogens with zero attached hydrogens (tertiary/aromatic N) is 4. The standard InChI is InChI=1S/C16H21N5O3.C9H9F4N/c22-7-11-5-14(16-17-10-18-21(16)6-11)20-3-1-12(2-4-20)19-13-8-24-9-15(13)23;1-14-5-6-3-2-4-7(8(6)10)9(11,12)13/h5-7,10,12-13,15,19,23H,1-4,8-9H2;2-4,14H,5H2,1H3. The van der Waals surface area contributed by atoms with Gasteiger partial charge in [0.15, 0.2) is 11.9 Å². The molecule has 13 heteroatoms. The lowest BCUT2D eigenvalue weighted by molar-refractivity contribution is -0.140. The van der Waals surface area contributed by atoms with Crippen molar-refractivity contribution < 1.29 is 32.2 Å². The molecule has 0 bridgehead atoms. The molecule has 0 radical (unpaired) electrons. The zero-order valence-corrected chi connectivity index (χ0v) is 20.8. The monoisotopic (exact) mass is 538 g/mol. The number of piperidine rings is 1. The fourth-order valence-electron chi connectivity index (χ4n) is 4.64. The van der Waals surface area contributed by atoms with Gasteiger partial charge in [0, 0.05) is 43.0 Å². The van der Waals surface area contributed by atoms with Gasteiger partial charge in [0.2, 0.25) is 0 Å². The Morgan fingerprint density at radius 2 is 2.00 bits per heavy atom. The summed E-state index contributed by atoms with van der Waals surface area (Å²) in [6, 6.07) is 5.52. The Balaban J connectivity index is 0.000000206. The molecular weight excluding hydrogens is 508 g/mol. The summed E-state index contributed by atoms with van der Waals surface area (Å²) >= 11 is 0. The molecule has 0 aliphatic carbocycles.